The highest BCUT2D eigenvalue weighted by atomic mass is 35.5. The predicted molar refractivity (Wildman–Crippen MR) is 127 cm³/mol. The molecule has 1 aliphatic carbocycles. The maximum Gasteiger partial charge on any atom is 0.264 e. The molecule has 6 nitrogen and oxygen atoms in total. The molecule has 1 atom stereocenters. The highest BCUT2D eigenvalue weighted by Crippen LogP contribution is 2.30. The molecule has 0 saturated heterocycles. The molecule has 31 heavy (non-hydrogen) atoms. The van der Waals surface area contributed by atoms with Gasteiger partial charge in [0.1, 0.15) is 12.0 Å². The molecule has 2 aliphatic rings. The Kier molecular flexibility index (Phi) is 5.93. The van der Waals surface area contributed by atoms with Gasteiger partial charge in [0.05, 0.1) is 11.4 Å². The van der Waals surface area contributed by atoms with Gasteiger partial charge in [0.25, 0.3) is 5.56 Å². The Morgan fingerprint density at radius 2 is 2.03 bits per heavy atom. The van der Waals surface area contributed by atoms with Crippen molar-refractivity contribution >= 4 is 34.8 Å². The van der Waals surface area contributed by atoms with Gasteiger partial charge in [0, 0.05) is 41.6 Å². The number of nitrogens with zero attached hydrogens (tertiary/aromatic N) is 1. The topological polar surface area (TPSA) is 79.1 Å². The van der Waals surface area contributed by atoms with Crippen LogP contribution >= 0.6 is 11.6 Å². The number of halogens is 1. The van der Waals surface area contributed by atoms with Crippen molar-refractivity contribution < 1.29 is 4.74 Å². The number of ether oxygens (including phenoxy) is 1. The highest BCUT2D eigenvalue weighted by Gasteiger charge is 2.22. The number of hydrogen-bond acceptors (Lipinski definition) is 5. The van der Waals surface area contributed by atoms with E-state index in [4.69, 9.17) is 21.7 Å². The van der Waals surface area contributed by atoms with Gasteiger partial charge in [-0.2, -0.15) is 0 Å². The van der Waals surface area contributed by atoms with Gasteiger partial charge in [-0.05, 0) is 61.1 Å². The Morgan fingerprint density at radius 1 is 1.26 bits per heavy atom. The first-order valence-electron chi connectivity index (χ1n) is 10.0. The fraction of sp³-hybridized carbons (Fsp3) is 0.167. The van der Waals surface area contributed by atoms with E-state index in [0.29, 0.717) is 40.0 Å². The van der Waals surface area contributed by atoms with E-state index in [1.54, 1.807) is 42.1 Å². The van der Waals surface area contributed by atoms with Gasteiger partial charge < -0.3 is 20.8 Å². The standard InChI is InChI=1S/C24H23ClN4O2/c1-3-31-22-11-5-16-13-20(15-4-10-21(26)17(12-15)14-27-2)24(30)29(23(16)28-22)19-8-6-18(25)7-9-19/h4-14,22,26-28H,3H2,1-2H3/b17-14-,26-21?. The quantitative estimate of drug-likeness (QED) is 0.653. The SMILES string of the molecule is CCOC1C=Cc2cc(C3=C/C(=C/NC)C(=N)C=C3)c(=O)n(-c3ccc(Cl)cc3)c2N1. The van der Waals surface area contributed by atoms with Crippen LogP contribution in [0.3, 0.4) is 0 Å². The van der Waals surface area contributed by atoms with Gasteiger partial charge in [-0.15, -0.1) is 0 Å². The number of allylic oxidation sites excluding steroid dienone is 5. The second-order valence-corrected chi connectivity index (χ2v) is 7.53. The van der Waals surface area contributed by atoms with Crippen molar-refractivity contribution in [1.29, 1.82) is 5.41 Å². The van der Waals surface area contributed by atoms with Crippen LogP contribution in [-0.2, 0) is 4.74 Å². The molecule has 1 unspecified atom stereocenters. The average molecular weight is 435 g/mol. The van der Waals surface area contributed by atoms with Gasteiger partial charge in [-0.3, -0.25) is 9.36 Å². The Morgan fingerprint density at radius 3 is 2.74 bits per heavy atom. The van der Waals surface area contributed by atoms with E-state index in [-0.39, 0.29) is 11.8 Å². The van der Waals surface area contributed by atoms with Gasteiger partial charge in [0.2, 0.25) is 0 Å². The molecule has 3 N–H and O–H groups in total. The highest BCUT2D eigenvalue weighted by molar-refractivity contribution is 6.30. The third-order valence-corrected chi connectivity index (χ3v) is 5.31. The number of pyridine rings is 1. The molecule has 2 heterocycles. The lowest BCUT2D eigenvalue weighted by Crippen LogP contribution is -2.32. The summed E-state index contributed by atoms with van der Waals surface area (Å²) in [6, 6.07) is 9.02. The second-order valence-electron chi connectivity index (χ2n) is 7.09. The number of aromatic nitrogens is 1. The Bertz CT molecular complexity index is 1200. The van der Waals surface area contributed by atoms with Crippen LogP contribution in [0.25, 0.3) is 17.3 Å². The van der Waals surface area contributed by atoms with Crippen LogP contribution in [0.4, 0.5) is 5.82 Å². The van der Waals surface area contributed by atoms with Crippen LogP contribution < -0.4 is 16.2 Å². The van der Waals surface area contributed by atoms with Crippen LogP contribution in [0.15, 0.2) is 71.2 Å². The van der Waals surface area contributed by atoms with Crippen LogP contribution in [-0.4, -0.2) is 30.2 Å². The maximum atomic E-state index is 13.7. The van der Waals surface area contributed by atoms with E-state index in [1.807, 2.05) is 43.4 Å². The molecule has 0 radical (unpaired) electrons. The molecule has 7 heteroatoms. The van der Waals surface area contributed by atoms with Gasteiger partial charge in [-0.25, -0.2) is 0 Å². The van der Waals surface area contributed by atoms with Crippen LogP contribution in [0, 0.1) is 5.41 Å². The van der Waals surface area contributed by atoms with E-state index in [1.165, 1.54) is 0 Å². The van der Waals surface area contributed by atoms with Crippen molar-refractivity contribution in [3.8, 4) is 5.69 Å². The summed E-state index contributed by atoms with van der Waals surface area (Å²) in [5.41, 5.74) is 3.77. The largest absolute Gasteiger partial charge is 0.393 e. The molecular weight excluding hydrogens is 412 g/mol. The molecule has 158 valence electrons. The third kappa shape index (κ3) is 4.13. The lowest BCUT2D eigenvalue weighted by molar-refractivity contribution is 0.115. The van der Waals surface area contributed by atoms with Crippen molar-refractivity contribution in [3.63, 3.8) is 0 Å². The summed E-state index contributed by atoms with van der Waals surface area (Å²) in [7, 11) is 1.78. The monoisotopic (exact) mass is 434 g/mol. The molecule has 4 rings (SSSR count). The number of fused-ring (bicyclic) bond motifs is 1. The fourth-order valence-electron chi connectivity index (χ4n) is 3.61. The molecule has 1 aromatic carbocycles. The Balaban J connectivity index is 1.93. The van der Waals surface area contributed by atoms with Crippen LogP contribution in [0.1, 0.15) is 18.1 Å². The molecule has 0 bridgehead atoms. The average Bonchev–Trinajstić information content (AvgIpc) is 2.76. The number of nitrogens with one attached hydrogen (secondary N) is 3. The normalized spacial score (nSPS) is 18.5. The third-order valence-electron chi connectivity index (χ3n) is 5.05. The van der Waals surface area contributed by atoms with Crippen molar-refractivity contribution in [1.82, 2.24) is 9.88 Å². The molecule has 0 fully saturated rings. The first-order valence-corrected chi connectivity index (χ1v) is 10.4. The van der Waals surface area contributed by atoms with E-state index in [0.717, 1.165) is 11.1 Å². The van der Waals surface area contributed by atoms with E-state index >= 15 is 0 Å². The summed E-state index contributed by atoms with van der Waals surface area (Å²) in [6.07, 6.45) is 10.7. The van der Waals surface area contributed by atoms with Gasteiger partial charge >= 0.3 is 0 Å². The molecule has 0 amide bonds. The summed E-state index contributed by atoms with van der Waals surface area (Å²) in [4.78, 5) is 13.7. The first-order chi connectivity index (χ1) is 15.0. The van der Waals surface area contributed by atoms with Crippen LogP contribution in [0.2, 0.25) is 5.02 Å². The van der Waals surface area contributed by atoms with Gasteiger partial charge in [0.15, 0.2) is 0 Å². The van der Waals surface area contributed by atoms with Crippen molar-refractivity contribution in [2.75, 3.05) is 19.0 Å². The zero-order valence-corrected chi connectivity index (χ0v) is 18.0. The molecule has 2 aromatic rings. The lowest BCUT2D eigenvalue weighted by Gasteiger charge is -2.26. The predicted octanol–water partition coefficient (Wildman–Crippen LogP) is 4.37. The van der Waals surface area contributed by atoms with E-state index in [9.17, 15) is 4.79 Å². The molecule has 0 spiro atoms. The van der Waals surface area contributed by atoms with Crippen LogP contribution in [0.5, 0.6) is 0 Å². The minimum absolute atomic E-state index is 0.174. The smallest absolute Gasteiger partial charge is 0.264 e. The minimum atomic E-state index is -0.319. The number of benzene rings is 1. The summed E-state index contributed by atoms with van der Waals surface area (Å²) in [5, 5.41) is 15.0. The van der Waals surface area contributed by atoms with Crippen molar-refractivity contribution in [2.24, 2.45) is 0 Å². The first kappa shape index (κ1) is 20.9. The van der Waals surface area contributed by atoms with Crippen molar-refractivity contribution in [3.05, 3.63) is 92.9 Å². The zero-order valence-electron chi connectivity index (χ0n) is 17.3. The summed E-state index contributed by atoms with van der Waals surface area (Å²) >= 11 is 6.07. The molecule has 1 aromatic heterocycles. The summed E-state index contributed by atoms with van der Waals surface area (Å²) in [6.45, 7) is 2.47. The summed E-state index contributed by atoms with van der Waals surface area (Å²) in [5.74, 6) is 0.663. The maximum absolute atomic E-state index is 13.7. The van der Waals surface area contributed by atoms with Gasteiger partial charge in [-0.1, -0.05) is 23.8 Å². The molecule has 0 saturated carbocycles. The number of hydrogen-bond donors (Lipinski definition) is 3. The fourth-order valence-corrected chi connectivity index (χ4v) is 3.74. The molecular formula is C24H23ClN4O2. The number of rotatable bonds is 5. The minimum Gasteiger partial charge on any atom is -0.393 e. The molecule has 1 aliphatic heterocycles. The lowest BCUT2D eigenvalue weighted by atomic mass is 9.95. The summed E-state index contributed by atoms with van der Waals surface area (Å²) < 4.78 is 7.34. The Hall–Kier alpha value is -3.35. The Labute approximate surface area is 185 Å². The number of anilines is 1. The van der Waals surface area contributed by atoms with E-state index < -0.39 is 0 Å². The van der Waals surface area contributed by atoms with E-state index in [2.05, 4.69) is 10.6 Å². The van der Waals surface area contributed by atoms with Crippen molar-refractivity contribution in [2.45, 2.75) is 13.2 Å². The zero-order chi connectivity index (χ0) is 22.0. The second kappa shape index (κ2) is 8.79.